The highest BCUT2D eigenvalue weighted by Gasteiger charge is 2.11. The topological polar surface area (TPSA) is 63.3 Å². The van der Waals surface area contributed by atoms with Gasteiger partial charge in [-0.05, 0) is 18.2 Å². The predicted molar refractivity (Wildman–Crippen MR) is 70.2 cm³/mol. The number of fused-ring (bicyclic) bond motifs is 1. The molecular formula is C14H11NO3. The zero-order valence-electron chi connectivity index (χ0n) is 9.59. The summed E-state index contributed by atoms with van der Waals surface area (Å²) in [6.45, 7) is 6.98. The van der Waals surface area contributed by atoms with Crippen LogP contribution in [0.3, 0.4) is 0 Å². The van der Waals surface area contributed by atoms with E-state index in [0.717, 1.165) is 0 Å². The molecule has 4 heteroatoms. The average Bonchev–Trinajstić information content (AvgIpc) is 2.39. The number of aliphatic hydroxyl groups excluding tert-OH is 1. The first-order valence-corrected chi connectivity index (χ1v) is 5.25. The quantitative estimate of drug-likeness (QED) is 0.663. The molecule has 0 bridgehead atoms. The second kappa shape index (κ2) is 4.71. The maximum atomic E-state index is 11.8. The van der Waals surface area contributed by atoms with Crippen LogP contribution in [-0.4, -0.2) is 10.1 Å². The molecule has 0 aliphatic carbocycles. The van der Waals surface area contributed by atoms with E-state index in [1.165, 1.54) is 12.2 Å². The van der Waals surface area contributed by atoms with Gasteiger partial charge in [-0.25, -0.2) is 0 Å². The number of allylic oxidation sites excluding steroid dienone is 3. The molecule has 1 aromatic carbocycles. The Bertz CT molecular complexity index is 710. The van der Waals surface area contributed by atoms with Gasteiger partial charge in [0, 0.05) is 0 Å². The Morgan fingerprint density at radius 3 is 2.67 bits per heavy atom. The van der Waals surface area contributed by atoms with E-state index in [1.54, 1.807) is 24.3 Å². The minimum Gasteiger partial charge on any atom is -0.507 e. The molecular weight excluding hydrogens is 230 g/mol. The van der Waals surface area contributed by atoms with Crippen molar-refractivity contribution < 1.29 is 9.52 Å². The highest BCUT2D eigenvalue weighted by Crippen LogP contribution is 2.19. The fourth-order valence-corrected chi connectivity index (χ4v) is 1.54. The van der Waals surface area contributed by atoms with Gasteiger partial charge in [0.05, 0.1) is 11.0 Å². The van der Waals surface area contributed by atoms with Gasteiger partial charge in [0.1, 0.15) is 11.3 Å². The van der Waals surface area contributed by atoms with Crippen LogP contribution in [0.25, 0.3) is 16.5 Å². The van der Waals surface area contributed by atoms with E-state index in [0.29, 0.717) is 11.0 Å². The SMILES string of the molecule is C=C/C(O)=C(\C=C)c1nc(=O)c2ccccc2o1. The zero-order valence-corrected chi connectivity index (χ0v) is 9.59. The van der Waals surface area contributed by atoms with Crippen molar-refractivity contribution >= 4 is 16.5 Å². The molecule has 1 aromatic heterocycles. The summed E-state index contributed by atoms with van der Waals surface area (Å²) in [5.74, 6) is -0.123. The Balaban J connectivity index is 2.78. The lowest BCUT2D eigenvalue weighted by molar-refractivity contribution is 0.432. The van der Waals surface area contributed by atoms with Gasteiger partial charge in [0.2, 0.25) is 5.89 Å². The summed E-state index contributed by atoms with van der Waals surface area (Å²) in [5, 5.41) is 10.0. The predicted octanol–water partition coefficient (Wildman–Crippen LogP) is 2.83. The Hall–Kier alpha value is -2.62. The van der Waals surface area contributed by atoms with Crippen molar-refractivity contribution in [2.75, 3.05) is 0 Å². The molecule has 2 aromatic rings. The number of benzene rings is 1. The Kier molecular flexibility index (Phi) is 3.10. The van der Waals surface area contributed by atoms with E-state index >= 15 is 0 Å². The molecule has 0 unspecified atom stereocenters. The Morgan fingerprint density at radius 1 is 1.28 bits per heavy atom. The summed E-state index contributed by atoms with van der Waals surface area (Å²) < 4.78 is 5.47. The maximum absolute atomic E-state index is 11.8. The molecule has 0 fully saturated rings. The van der Waals surface area contributed by atoms with Crippen molar-refractivity contribution in [3.63, 3.8) is 0 Å². The van der Waals surface area contributed by atoms with Crippen molar-refractivity contribution in [1.82, 2.24) is 4.98 Å². The number of para-hydroxylation sites is 1. The van der Waals surface area contributed by atoms with Crippen LogP contribution in [0.2, 0.25) is 0 Å². The fraction of sp³-hybridized carbons (Fsp3) is 0. The highest BCUT2D eigenvalue weighted by molar-refractivity contribution is 5.78. The number of aromatic nitrogens is 1. The smallest absolute Gasteiger partial charge is 0.284 e. The van der Waals surface area contributed by atoms with Crippen LogP contribution in [0.5, 0.6) is 0 Å². The van der Waals surface area contributed by atoms with Crippen LogP contribution in [0.4, 0.5) is 0 Å². The fourth-order valence-electron chi connectivity index (χ4n) is 1.54. The summed E-state index contributed by atoms with van der Waals surface area (Å²) in [7, 11) is 0. The second-order valence-corrected chi connectivity index (χ2v) is 3.53. The van der Waals surface area contributed by atoms with Gasteiger partial charge < -0.3 is 9.52 Å². The number of aliphatic hydroxyl groups is 1. The summed E-state index contributed by atoms with van der Waals surface area (Å²) in [5.41, 5.74) is 0.222. The van der Waals surface area contributed by atoms with E-state index in [4.69, 9.17) is 4.42 Å². The summed E-state index contributed by atoms with van der Waals surface area (Å²) in [4.78, 5) is 15.6. The van der Waals surface area contributed by atoms with Crippen LogP contribution in [0.1, 0.15) is 5.89 Å². The van der Waals surface area contributed by atoms with Crippen molar-refractivity contribution in [3.05, 3.63) is 71.6 Å². The molecule has 0 aliphatic rings. The van der Waals surface area contributed by atoms with Gasteiger partial charge in [0.15, 0.2) is 0 Å². The van der Waals surface area contributed by atoms with E-state index in [1.807, 2.05) is 0 Å². The third kappa shape index (κ3) is 1.96. The van der Waals surface area contributed by atoms with Crippen molar-refractivity contribution in [1.29, 1.82) is 0 Å². The third-order valence-corrected chi connectivity index (χ3v) is 2.43. The van der Waals surface area contributed by atoms with Gasteiger partial charge in [-0.3, -0.25) is 4.79 Å². The van der Waals surface area contributed by atoms with E-state index in [2.05, 4.69) is 18.1 Å². The molecule has 4 nitrogen and oxygen atoms in total. The lowest BCUT2D eigenvalue weighted by Crippen LogP contribution is -2.09. The molecule has 1 heterocycles. The molecule has 0 saturated heterocycles. The molecule has 18 heavy (non-hydrogen) atoms. The van der Waals surface area contributed by atoms with Crippen molar-refractivity contribution in [2.24, 2.45) is 0 Å². The molecule has 0 saturated carbocycles. The van der Waals surface area contributed by atoms with Crippen LogP contribution in [0, 0.1) is 0 Å². The van der Waals surface area contributed by atoms with Gasteiger partial charge in [-0.15, -0.1) is 0 Å². The van der Waals surface area contributed by atoms with Gasteiger partial charge in [-0.1, -0.05) is 31.4 Å². The molecule has 0 radical (unpaired) electrons. The van der Waals surface area contributed by atoms with Crippen molar-refractivity contribution in [2.45, 2.75) is 0 Å². The van der Waals surface area contributed by atoms with E-state index in [-0.39, 0.29) is 17.2 Å². The molecule has 0 atom stereocenters. The summed E-state index contributed by atoms with van der Waals surface area (Å²) in [6, 6.07) is 6.77. The van der Waals surface area contributed by atoms with Crippen LogP contribution < -0.4 is 5.56 Å². The lowest BCUT2D eigenvalue weighted by atomic mass is 10.2. The maximum Gasteiger partial charge on any atom is 0.284 e. The number of nitrogens with zero attached hydrogens (tertiary/aromatic N) is 1. The monoisotopic (exact) mass is 241 g/mol. The molecule has 0 spiro atoms. The third-order valence-electron chi connectivity index (χ3n) is 2.43. The lowest BCUT2D eigenvalue weighted by Gasteiger charge is -2.03. The first-order chi connectivity index (χ1) is 8.67. The first kappa shape index (κ1) is 11.9. The number of hydrogen-bond donors (Lipinski definition) is 1. The highest BCUT2D eigenvalue weighted by atomic mass is 16.3. The first-order valence-electron chi connectivity index (χ1n) is 5.25. The summed E-state index contributed by atoms with van der Waals surface area (Å²) in [6.07, 6.45) is 2.59. The standard InChI is InChI=1S/C14H11NO3/c1-3-9(11(16)4-2)14-15-13(17)10-7-5-6-8-12(10)18-14/h3-8,16H,1-2H2/b11-9-. The molecule has 0 aliphatic heterocycles. The van der Waals surface area contributed by atoms with E-state index in [9.17, 15) is 9.90 Å². The second-order valence-electron chi connectivity index (χ2n) is 3.53. The zero-order chi connectivity index (χ0) is 13.1. The number of rotatable bonds is 3. The van der Waals surface area contributed by atoms with Crippen molar-refractivity contribution in [3.8, 4) is 0 Å². The Labute approximate surface area is 103 Å². The minimum atomic E-state index is -0.414. The van der Waals surface area contributed by atoms with Gasteiger partial charge in [-0.2, -0.15) is 4.98 Å². The Morgan fingerprint density at radius 2 is 2.00 bits per heavy atom. The van der Waals surface area contributed by atoms with E-state index < -0.39 is 5.56 Å². The molecule has 2 rings (SSSR count). The molecule has 1 N–H and O–H groups in total. The van der Waals surface area contributed by atoms with Gasteiger partial charge in [0.25, 0.3) is 5.56 Å². The summed E-state index contributed by atoms with van der Waals surface area (Å²) >= 11 is 0. The van der Waals surface area contributed by atoms with Crippen LogP contribution >= 0.6 is 0 Å². The molecule has 90 valence electrons. The van der Waals surface area contributed by atoms with Gasteiger partial charge >= 0.3 is 0 Å². The van der Waals surface area contributed by atoms with Crippen LogP contribution in [-0.2, 0) is 0 Å². The average molecular weight is 241 g/mol. The normalized spacial score (nSPS) is 12.0. The molecule has 0 amide bonds. The van der Waals surface area contributed by atoms with Crippen LogP contribution in [0.15, 0.2) is 64.5 Å². The minimum absolute atomic E-state index is 0.0195. The number of hydrogen-bond acceptors (Lipinski definition) is 4. The largest absolute Gasteiger partial charge is 0.507 e.